The Kier molecular flexibility index (Phi) is 9.30. The molecule has 3 rings (SSSR count). The van der Waals surface area contributed by atoms with Crippen LogP contribution < -0.4 is 66.5 Å². The number of carbonyl (C=O) groups excluding carboxylic acids is 1. The Hall–Kier alpha value is -1.25. The number of aryl methyl sites for hydroxylation is 2. The molecular weight excluding hydrogens is 393 g/mol. The number of rotatable bonds is 8. The fourth-order valence-corrected chi connectivity index (χ4v) is 3.34. The Morgan fingerprint density at radius 3 is 2.34 bits per heavy atom. The smallest absolute Gasteiger partial charge is 0.548 e. The standard InChI is InChI=1S/C23H25NO4.K/c1-15-7-5-8-16(2)22(15)28-14-18(25)13-24-21(23(26)27)20-12-6-10-17-9-3-4-11-19(17)20;/h3-12,18,21,24-25H,13-14H2,1-2H3,(H,26,27);/q;+1/p-1. The summed E-state index contributed by atoms with van der Waals surface area (Å²) in [6, 6.07) is 17.9. The molecular formula is C23H24KNO4. The summed E-state index contributed by atoms with van der Waals surface area (Å²) in [6.07, 6.45) is -0.865. The molecule has 146 valence electrons. The van der Waals surface area contributed by atoms with Gasteiger partial charge in [0.2, 0.25) is 0 Å². The number of carbonyl (C=O) groups is 1. The molecule has 0 aliphatic rings. The molecule has 0 saturated carbocycles. The molecule has 29 heavy (non-hydrogen) atoms. The van der Waals surface area contributed by atoms with E-state index in [1.54, 1.807) is 6.07 Å². The van der Waals surface area contributed by atoms with Crippen molar-refractivity contribution in [3.63, 3.8) is 0 Å². The number of aliphatic hydroxyl groups excluding tert-OH is 1. The van der Waals surface area contributed by atoms with Gasteiger partial charge in [-0.05, 0) is 41.3 Å². The van der Waals surface area contributed by atoms with Crippen LogP contribution in [0.15, 0.2) is 60.7 Å². The van der Waals surface area contributed by atoms with Crippen LogP contribution in [0.3, 0.4) is 0 Å². The van der Waals surface area contributed by atoms with E-state index < -0.39 is 18.1 Å². The number of ether oxygens (including phenoxy) is 1. The first-order valence-electron chi connectivity index (χ1n) is 9.26. The van der Waals surface area contributed by atoms with Crippen LogP contribution in [0.25, 0.3) is 10.8 Å². The maximum Gasteiger partial charge on any atom is 1.00 e. The first-order chi connectivity index (χ1) is 13.5. The summed E-state index contributed by atoms with van der Waals surface area (Å²) < 4.78 is 5.75. The third-order valence-corrected chi connectivity index (χ3v) is 4.76. The number of hydrogen-bond acceptors (Lipinski definition) is 5. The van der Waals surface area contributed by atoms with E-state index >= 15 is 0 Å². The van der Waals surface area contributed by atoms with Crippen molar-refractivity contribution in [2.24, 2.45) is 0 Å². The zero-order valence-electron chi connectivity index (χ0n) is 17.0. The van der Waals surface area contributed by atoms with Gasteiger partial charge >= 0.3 is 51.4 Å². The van der Waals surface area contributed by atoms with Crippen molar-refractivity contribution in [3.05, 3.63) is 77.4 Å². The largest absolute Gasteiger partial charge is 1.00 e. The van der Waals surface area contributed by atoms with E-state index in [1.807, 2.05) is 68.4 Å². The van der Waals surface area contributed by atoms with Gasteiger partial charge in [-0.3, -0.25) is 0 Å². The molecule has 2 N–H and O–H groups in total. The molecule has 2 atom stereocenters. The minimum Gasteiger partial charge on any atom is -0.548 e. The average Bonchev–Trinajstić information content (AvgIpc) is 2.67. The van der Waals surface area contributed by atoms with Gasteiger partial charge in [0.15, 0.2) is 0 Å². The summed E-state index contributed by atoms with van der Waals surface area (Å²) >= 11 is 0. The summed E-state index contributed by atoms with van der Waals surface area (Å²) in [6.45, 7) is 4.01. The summed E-state index contributed by atoms with van der Waals surface area (Å²) in [5.74, 6) is -0.494. The second-order valence-electron chi connectivity index (χ2n) is 6.91. The molecule has 0 aliphatic heterocycles. The van der Waals surface area contributed by atoms with Gasteiger partial charge < -0.3 is 25.1 Å². The third-order valence-electron chi connectivity index (χ3n) is 4.76. The molecule has 0 fully saturated rings. The number of carboxylic acid groups (broad SMARTS) is 1. The van der Waals surface area contributed by atoms with Gasteiger partial charge in [-0.25, -0.2) is 0 Å². The number of para-hydroxylation sites is 1. The minimum absolute atomic E-state index is 0. The maximum atomic E-state index is 11.7. The second kappa shape index (κ2) is 11.2. The number of aliphatic carboxylic acids is 1. The summed E-state index contributed by atoms with van der Waals surface area (Å²) in [7, 11) is 0. The van der Waals surface area contributed by atoms with Crippen LogP contribution in [0.1, 0.15) is 22.7 Å². The molecule has 3 aromatic rings. The van der Waals surface area contributed by atoms with Crippen molar-refractivity contribution < 1.29 is 71.1 Å². The Morgan fingerprint density at radius 2 is 1.66 bits per heavy atom. The van der Waals surface area contributed by atoms with Crippen molar-refractivity contribution in [1.82, 2.24) is 5.32 Å². The fraction of sp³-hybridized carbons (Fsp3) is 0.261. The number of fused-ring (bicyclic) bond motifs is 1. The van der Waals surface area contributed by atoms with Gasteiger partial charge in [-0.15, -0.1) is 0 Å². The molecule has 5 nitrogen and oxygen atoms in total. The number of nitrogens with one attached hydrogen (secondary N) is 1. The van der Waals surface area contributed by atoms with Crippen molar-refractivity contribution in [3.8, 4) is 5.75 Å². The topological polar surface area (TPSA) is 81.6 Å². The number of aliphatic hydroxyl groups is 1. The van der Waals surface area contributed by atoms with Gasteiger partial charge in [-0.2, -0.15) is 0 Å². The quantitative estimate of drug-likeness (QED) is 0.473. The predicted octanol–water partition coefficient (Wildman–Crippen LogP) is -0.719. The summed E-state index contributed by atoms with van der Waals surface area (Å²) in [4.78, 5) is 11.7. The average molecular weight is 418 g/mol. The molecule has 0 heterocycles. The fourth-order valence-electron chi connectivity index (χ4n) is 3.34. The van der Waals surface area contributed by atoms with Crippen LogP contribution in [-0.4, -0.2) is 30.3 Å². The molecule has 0 aromatic heterocycles. The zero-order valence-corrected chi connectivity index (χ0v) is 20.1. The SMILES string of the molecule is Cc1cccc(C)c1OCC(O)CNC(C(=O)[O-])c1cccc2ccccc12.[K+]. The Bertz CT molecular complexity index is 951. The molecule has 3 aromatic carbocycles. The zero-order chi connectivity index (χ0) is 20.1. The number of hydrogen-bond donors (Lipinski definition) is 2. The van der Waals surface area contributed by atoms with Crippen LogP contribution in [0.2, 0.25) is 0 Å². The Morgan fingerprint density at radius 1 is 1.03 bits per heavy atom. The predicted molar refractivity (Wildman–Crippen MR) is 107 cm³/mol. The van der Waals surface area contributed by atoms with Crippen molar-refractivity contribution in [1.29, 1.82) is 0 Å². The van der Waals surface area contributed by atoms with E-state index in [4.69, 9.17) is 4.74 Å². The molecule has 0 radical (unpaired) electrons. The molecule has 0 spiro atoms. The Labute approximate surface area is 213 Å². The Balaban J connectivity index is 0.00000300. The third kappa shape index (κ3) is 6.12. The van der Waals surface area contributed by atoms with Gasteiger partial charge in [0.1, 0.15) is 18.5 Å². The van der Waals surface area contributed by atoms with Crippen molar-refractivity contribution in [2.75, 3.05) is 13.2 Å². The first-order valence-corrected chi connectivity index (χ1v) is 9.26. The second-order valence-corrected chi connectivity index (χ2v) is 6.91. The van der Waals surface area contributed by atoms with E-state index in [1.165, 1.54) is 0 Å². The van der Waals surface area contributed by atoms with E-state index in [0.717, 1.165) is 27.6 Å². The van der Waals surface area contributed by atoms with E-state index in [2.05, 4.69) is 5.32 Å². The van der Waals surface area contributed by atoms with Gasteiger partial charge in [0.25, 0.3) is 0 Å². The normalized spacial score (nSPS) is 12.8. The van der Waals surface area contributed by atoms with E-state index in [9.17, 15) is 15.0 Å². The molecule has 0 saturated heterocycles. The molecule has 0 amide bonds. The molecule has 0 aliphatic carbocycles. The summed E-state index contributed by atoms with van der Waals surface area (Å²) in [5, 5.41) is 26.7. The van der Waals surface area contributed by atoms with Gasteiger partial charge in [0.05, 0.1) is 12.0 Å². The summed E-state index contributed by atoms with van der Waals surface area (Å²) in [5.41, 5.74) is 2.59. The van der Waals surface area contributed by atoms with Crippen molar-refractivity contribution in [2.45, 2.75) is 26.0 Å². The maximum absolute atomic E-state index is 11.7. The van der Waals surface area contributed by atoms with Crippen molar-refractivity contribution >= 4 is 16.7 Å². The minimum atomic E-state index is -1.24. The number of benzene rings is 3. The van der Waals surface area contributed by atoms with Crippen LogP contribution in [-0.2, 0) is 4.79 Å². The molecule has 6 heteroatoms. The van der Waals surface area contributed by atoms with Crippen LogP contribution >= 0.6 is 0 Å². The van der Waals surface area contributed by atoms with E-state index in [-0.39, 0.29) is 64.5 Å². The number of carboxylic acids is 1. The molecule has 2 unspecified atom stereocenters. The van der Waals surface area contributed by atoms with Crippen LogP contribution in [0.5, 0.6) is 5.75 Å². The first kappa shape index (κ1) is 24.0. The van der Waals surface area contributed by atoms with Crippen LogP contribution in [0.4, 0.5) is 0 Å². The van der Waals surface area contributed by atoms with Gasteiger partial charge in [0, 0.05) is 6.54 Å². The van der Waals surface area contributed by atoms with E-state index in [0.29, 0.717) is 5.56 Å². The van der Waals surface area contributed by atoms with Crippen LogP contribution in [0, 0.1) is 13.8 Å². The molecule has 0 bridgehead atoms. The van der Waals surface area contributed by atoms with Gasteiger partial charge in [-0.1, -0.05) is 60.7 Å². The monoisotopic (exact) mass is 417 g/mol.